The Balaban J connectivity index is 2.00. The van der Waals surface area contributed by atoms with Crippen LogP contribution in [0.15, 0.2) is 36.7 Å². The zero-order valence-corrected chi connectivity index (χ0v) is 13.9. The number of halogens is 1. The Labute approximate surface area is 144 Å². The SMILES string of the molecule is CCOc1ncccc1C(=O)O[C@H](C)C(=O)Nc1ccc(Cl)cn1. The van der Waals surface area contributed by atoms with Crippen LogP contribution in [-0.2, 0) is 9.53 Å². The summed E-state index contributed by atoms with van der Waals surface area (Å²) in [6.07, 6.45) is 1.88. The number of carbonyl (C=O) groups excluding carboxylic acids is 2. The average Bonchev–Trinajstić information content (AvgIpc) is 2.57. The number of carbonyl (C=O) groups is 2. The van der Waals surface area contributed by atoms with Gasteiger partial charge in [0, 0.05) is 12.4 Å². The molecule has 1 amide bonds. The van der Waals surface area contributed by atoms with Gasteiger partial charge in [-0.2, -0.15) is 0 Å². The third-order valence-electron chi connectivity index (χ3n) is 2.90. The minimum absolute atomic E-state index is 0.156. The molecule has 0 radical (unpaired) electrons. The van der Waals surface area contributed by atoms with E-state index in [0.29, 0.717) is 17.4 Å². The normalized spacial score (nSPS) is 11.5. The summed E-state index contributed by atoms with van der Waals surface area (Å²) in [6, 6.07) is 6.24. The summed E-state index contributed by atoms with van der Waals surface area (Å²) < 4.78 is 10.4. The first kappa shape index (κ1) is 17.7. The summed E-state index contributed by atoms with van der Waals surface area (Å²) >= 11 is 5.73. The molecule has 0 aromatic carbocycles. The minimum Gasteiger partial charge on any atom is -0.477 e. The molecule has 0 unspecified atom stereocenters. The lowest BCUT2D eigenvalue weighted by molar-refractivity contribution is -0.123. The van der Waals surface area contributed by atoms with Gasteiger partial charge in [0.05, 0.1) is 11.6 Å². The molecule has 0 aliphatic rings. The lowest BCUT2D eigenvalue weighted by atomic mass is 10.2. The molecule has 0 bridgehead atoms. The Morgan fingerprint density at radius 3 is 2.75 bits per heavy atom. The molecule has 2 aromatic rings. The van der Waals surface area contributed by atoms with E-state index in [9.17, 15) is 9.59 Å². The maximum atomic E-state index is 12.2. The fourth-order valence-electron chi connectivity index (χ4n) is 1.75. The number of esters is 1. The van der Waals surface area contributed by atoms with Crippen molar-refractivity contribution in [1.82, 2.24) is 9.97 Å². The largest absolute Gasteiger partial charge is 0.477 e. The number of hydrogen-bond acceptors (Lipinski definition) is 6. The summed E-state index contributed by atoms with van der Waals surface area (Å²) in [6.45, 7) is 3.59. The zero-order valence-electron chi connectivity index (χ0n) is 13.2. The number of nitrogens with one attached hydrogen (secondary N) is 1. The van der Waals surface area contributed by atoms with Crippen molar-refractivity contribution in [3.63, 3.8) is 0 Å². The van der Waals surface area contributed by atoms with Crippen LogP contribution in [0.1, 0.15) is 24.2 Å². The van der Waals surface area contributed by atoms with Crippen molar-refractivity contribution in [2.75, 3.05) is 11.9 Å². The second-order valence-electron chi connectivity index (χ2n) is 4.69. The first-order valence-electron chi connectivity index (χ1n) is 7.22. The van der Waals surface area contributed by atoms with Crippen LogP contribution < -0.4 is 10.1 Å². The molecule has 0 aliphatic heterocycles. The van der Waals surface area contributed by atoms with Crippen LogP contribution in [-0.4, -0.2) is 34.6 Å². The number of ether oxygens (including phenoxy) is 2. The van der Waals surface area contributed by atoms with Crippen molar-refractivity contribution in [2.45, 2.75) is 20.0 Å². The Kier molecular flexibility index (Phi) is 6.08. The highest BCUT2D eigenvalue weighted by molar-refractivity contribution is 6.30. The van der Waals surface area contributed by atoms with Gasteiger partial charge in [-0.25, -0.2) is 14.8 Å². The van der Waals surface area contributed by atoms with E-state index in [1.165, 1.54) is 25.4 Å². The molecular weight excluding hydrogens is 334 g/mol. The van der Waals surface area contributed by atoms with Crippen molar-refractivity contribution in [3.8, 4) is 5.88 Å². The van der Waals surface area contributed by atoms with Crippen molar-refractivity contribution >= 4 is 29.3 Å². The fraction of sp³-hybridized carbons (Fsp3) is 0.250. The molecule has 8 heteroatoms. The van der Waals surface area contributed by atoms with Gasteiger partial charge >= 0.3 is 5.97 Å². The van der Waals surface area contributed by atoms with Crippen molar-refractivity contribution in [2.24, 2.45) is 0 Å². The van der Waals surface area contributed by atoms with E-state index < -0.39 is 18.0 Å². The summed E-state index contributed by atoms with van der Waals surface area (Å²) in [5.74, 6) is -0.737. The highest BCUT2D eigenvalue weighted by atomic mass is 35.5. The average molecular weight is 350 g/mol. The fourth-order valence-corrected chi connectivity index (χ4v) is 1.86. The molecule has 126 valence electrons. The van der Waals surface area contributed by atoms with Gasteiger partial charge in [0.1, 0.15) is 11.4 Å². The van der Waals surface area contributed by atoms with E-state index >= 15 is 0 Å². The number of anilines is 1. The van der Waals surface area contributed by atoms with Gasteiger partial charge < -0.3 is 14.8 Å². The Hall–Kier alpha value is -2.67. The molecule has 1 atom stereocenters. The maximum Gasteiger partial charge on any atom is 0.344 e. The Morgan fingerprint density at radius 1 is 1.29 bits per heavy atom. The van der Waals surface area contributed by atoms with Gasteiger partial charge in [0.25, 0.3) is 5.91 Å². The topological polar surface area (TPSA) is 90.4 Å². The summed E-state index contributed by atoms with van der Waals surface area (Å²) in [7, 11) is 0. The quantitative estimate of drug-likeness (QED) is 0.806. The molecule has 0 saturated carbocycles. The van der Waals surface area contributed by atoms with Crippen LogP contribution in [0.4, 0.5) is 5.82 Å². The molecule has 24 heavy (non-hydrogen) atoms. The predicted molar refractivity (Wildman–Crippen MR) is 88.2 cm³/mol. The van der Waals surface area contributed by atoms with Crippen LogP contribution in [0, 0.1) is 0 Å². The van der Waals surface area contributed by atoms with Crippen LogP contribution in [0.2, 0.25) is 5.02 Å². The molecule has 2 rings (SSSR count). The zero-order chi connectivity index (χ0) is 17.5. The van der Waals surface area contributed by atoms with Gasteiger partial charge in [-0.3, -0.25) is 4.79 Å². The van der Waals surface area contributed by atoms with Crippen molar-refractivity contribution in [3.05, 3.63) is 47.2 Å². The Morgan fingerprint density at radius 2 is 2.08 bits per heavy atom. The van der Waals surface area contributed by atoms with E-state index in [2.05, 4.69) is 15.3 Å². The second-order valence-corrected chi connectivity index (χ2v) is 5.12. The van der Waals surface area contributed by atoms with E-state index in [1.807, 2.05) is 0 Å². The lowest BCUT2D eigenvalue weighted by Gasteiger charge is -2.14. The molecule has 0 aliphatic carbocycles. The Bertz CT molecular complexity index is 722. The highest BCUT2D eigenvalue weighted by Crippen LogP contribution is 2.17. The predicted octanol–water partition coefficient (Wildman–Crippen LogP) is 2.71. The third-order valence-corrected chi connectivity index (χ3v) is 3.13. The van der Waals surface area contributed by atoms with E-state index in [4.69, 9.17) is 21.1 Å². The number of pyridine rings is 2. The number of amides is 1. The standard InChI is InChI=1S/C16H16ClN3O4/c1-3-23-15-12(5-4-8-18-15)16(22)24-10(2)14(21)20-13-7-6-11(17)9-19-13/h4-10H,3H2,1-2H3,(H,19,20,21)/t10-/m1/s1. The van der Waals surface area contributed by atoms with Crippen LogP contribution in [0.3, 0.4) is 0 Å². The summed E-state index contributed by atoms with van der Waals surface area (Å²) in [4.78, 5) is 32.2. The van der Waals surface area contributed by atoms with Crippen molar-refractivity contribution < 1.29 is 19.1 Å². The van der Waals surface area contributed by atoms with E-state index in [-0.39, 0.29) is 11.4 Å². The summed E-state index contributed by atoms with van der Waals surface area (Å²) in [5.41, 5.74) is 0.156. The van der Waals surface area contributed by atoms with Gasteiger partial charge in [0.15, 0.2) is 6.10 Å². The number of aromatic nitrogens is 2. The maximum absolute atomic E-state index is 12.2. The highest BCUT2D eigenvalue weighted by Gasteiger charge is 2.22. The molecule has 0 fully saturated rings. The molecular formula is C16H16ClN3O4. The van der Waals surface area contributed by atoms with Gasteiger partial charge in [-0.1, -0.05) is 11.6 Å². The molecule has 7 nitrogen and oxygen atoms in total. The first-order chi connectivity index (χ1) is 11.5. The number of nitrogens with zero attached hydrogens (tertiary/aromatic N) is 2. The third kappa shape index (κ3) is 4.66. The van der Waals surface area contributed by atoms with Gasteiger partial charge in [-0.15, -0.1) is 0 Å². The van der Waals surface area contributed by atoms with Crippen LogP contribution in [0.5, 0.6) is 5.88 Å². The monoisotopic (exact) mass is 349 g/mol. The summed E-state index contributed by atoms with van der Waals surface area (Å²) in [5, 5.41) is 2.98. The number of rotatable bonds is 6. The minimum atomic E-state index is -1.02. The first-order valence-corrected chi connectivity index (χ1v) is 7.60. The van der Waals surface area contributed by atoms with Gasteiger partial charge in [0.2, 0.25) is 5.88 Å². The van der Waals surface area contributed by atoms with Gasteiger partial charge in [-0.05, 0) is 38.1 Å². The van der Waals surface area contributed by atoms with Crippen molar-refractivity contribution in [1.29, 1.82) is 0 Å². The number of hydrogen-bond donors (Lipinski definition) is 1. The van der Waals surface area contributed by atoms with E-state index in [1.54, 1.807) is 25.1 Å². The smallest absolute Gasteiger partial charge is 0.344 e. The molecule has 0 saturated heterocycles. The lowest BCUT2D eigenvalue weighted by Crippen LogP contribution is -2.30. The molecule has 2 aromatic heterocycles. The van der Waals surface area contributed by atoms with Crippen LogP contribution >= 0.6 is 11.6 Å². The molecule has 1 N–H and O–H groups in total. The second kappa shape index (κ2) is 8.26. The molecule has 2 heterocycles. The van der Waals surface area contributed by atoms with E-state index in [0.717, 1.165) is 0 Å². The van der Waals surface area contributed by atoms with Crippen LogP contribution in [0.25, 0.3) is 0 Å². The molecule has 0 spiro atoms.